The summed E-state index contributed by atoms with van der Waals surface area (Å²) in [4.78, 5) is 231. The van der Waals surface area contributed by atoms with Crippen molar-refractivity contribution < 1.29 is 76.7 Å². The van der Waals surface area contributed by atoms with Gasteiger partial charge in [-0.05, 0) is 305 Å². The predicted octanol–water partition coefficient (Wildman–Crippen LogP) is 0.472. The van der Waals surface area contributed by atoms with Crippen LogP contribution in [0.15, 0.2) is 0 Å². The van der Waals surface area contributed by atoms with Crippen LogP contribution in [0.1, 0.15) is 316 Å². The molecule has 41 nitrogen and oxygen atoms in total. The summed E-state index contributed by atoms with van der Waals surface area (Å²) in [6.45, 7) is 31.7. The molecular weight excluding hydrogens is 1760 g/mol. The van der Waals surface area contributed by atoms with Crippen LogP contribution >= 0.6 is 0 Å². The first-order valence-electron chi connectivity index (χ1n) is 50.9. The number of amides is 16. The minimum Gasteiger partial charge on any atom is -0.368 e. The largest absolute Gasteiger partial charge is 0.368 e. The number of nitrogens with two attached hydrogens (primary N) is 10. The lowest BCUT2D eigenvalue weighted by atomic mass is 9.98. The summed E-state index contributed by atoms with van der Waals surface area (Å²) >= 11 is 0. The van der Waals surface area contributed by atoms with Crippen molar-refractivity contribution >= 4 is 94.5 Å². The highest BCUT2D eigenvalue weighted by Crippen LogP contribution is 2.20. The van der Waals surface area contributed by atoms with Gasteiger partial charge in [0.05, 0.1) is 6.04 Å². The van der Waals surface area contributed by atoms with Gasteiger partial charge in [-0.1, -0.05) is 111 Å². The van der Waals surface area contributed by atoms with E-state index in [1.807, 2.05) is 111 Å². The van der Waals surface area contributed by atoms with Crippen LogP contribution in [0, 0.1) is 47.3 Å². The molecule has 16 amide bonds. The Morgan fingerprint density at radius 2 is 0.270 bits per heavy atom. The van der Waals surface area contributed by atoms with Crippen LogP contribution in [0.4, 0.5) is 0 Å². The molecule has 0 saturated heterocycles. The van der Waals surface area contributed by atoms with Crippen LogP contribution < -0.4 is 137 Å². The van der Waals surface area contributed by atoms with E-state index < -0.39 is 191 Å². The van der Waals surface area contributed by atoms with Gasteiger partial charge in [0.2, 0.25) is 94.5 Å². The van der Waals surface area contributed by atoms with E-state index in [1.165, 1.54) is 0 Å². The number of carbonyl (C=O) groups is 16. The van der Waals surface area contributed by atoms with E-state index in [0.29, 0.717) is 129 Å². The molecule has 0 rings (SSSR count). The van der Waals surface area contributed by atoms with Crippen molar-refractivity contribution in [3.63, 3.8) is 0 Å². The molecule has 137 heavy (non-hydrogen) atoms. The molecule has 0 aromatic rings. The van der Waals surface area contributed by atoms with Crippen molar-refractivity contribution in [1.29, 1.82) is 0 Å². The highest BCUT2D eigenvalue weighted by Gasteiger charge is 2.40. The fraction of sp³-hybridized carbons (Fsp3) is 0.833. The number of rotatable bonds is 79. The normalized spacial score (nSPS) is 15.2. The summed E-state index contributed by atoms with van der Waals surface area (Å²) in [7, 11) is 0. The predicted molar refractivity (Wildman–Crippen MR) is 535 cm³/mol. The Kier molecular flexibility index (Phi) is 68.6. The van der Waals surface area contributed by atoms with Gasteiger partial charge in [0.1, 0.15) is 90.6 Å². The number of carbonyl (C=O) groups excluding carboxylic acids is 16. The van der Waals surface area contributed by atoms with Gasteiger partial charge in [-0.25, -0.2) is 0 Å². The van der Waals surface area contributed by atoms with Crippen molar-refractivity contribution in [1.82, 2.24) is 79.8 Å². The standard InChI is InChI=1S/C96H187N25O16/c1-57(2)49-65(105)82(123)115-74(50-58(3)4)90(131)112-68(35-19-27-43-99)84(125)108-71(38-22-30-46-102)87(128)117-79(55-63(13)14)95(136)120-76(52-60(7)8)92(133)114-70(37-21-29-45-101)86(127)110-73(40-24-32-48-104)89(130)118-80(56-64(15)16)96(137)121-77(53-61(9)10)93(134)113-69(36-20-28-44-100)85(126)109-72(39-23-31-47-103)88(129)116-78(54-62(11)12)94(135)119-75(51-59(5)6)91(132)111-67(34-18-26-42-98)83(124)107-66(81(106)122)33-17-25-41-97/h57-80H,17-56,97-105H2,1-16H3,(H2,106,122)(H,107,124)(H,108,125)(H,109,126)(H,110,127)(H,111,132)(H,112,131)(H,113,134)(H,114,133)(H,115,123)(H,116,129)(H,117,128)(H,118,130)(H,119,135)(H,120,136)(H,121,137)/t65-,66-,67-,68-,69-,70-,71-,72-,73-,74-,75-,76-,77-,78-,79-,80-/m0/s1. The Morgan fingerprint density at radius 1 is 0.161 bits per heavy atom. The average Bonchev–Trinajstić information content (AvgIpc) is 0.853. The van der Waals surface area contributed by atoms with Gasteiger partial charge in [-0.2, -0.15) is 0 Å². The molecule has 0 aliphatic heterocycles. The van der Waals surface area contributed by atoms with E-state index >= 15 is 0 Å². The molecule has 16 atom stereocenters. The van der Waals surface area contributed by atoms with Gasteiger partial charge < -0.3 is 137 Å². The Morgan fingerprint density at radius 3 is 0.394 bits per heavy atom. The Bertz CT molecular complexity index is 3540. The van der Waals surface area contributed by atoms with Crippen LogP contribution in [0.2, 0.25) is 0 Å². The van der Waals surface area contributed by atoms with Gasteiger partial charge in [0, 0.05) is 0 Å². The number of hydrogen-bond acceptors (Lipinski definition) is 25. The molecule has 0 fully saturated rings. The zero-order valence-electron chi connectivity index (χ0n) is 85.9. The summed E-state index contributed by atoms with van der Waals surface area (Å²) in [5, 5.41) is 42.3. The molecule has 0 spiro atoms. The van der Waals surface area contributed by atoms with E-state index in [9.17, 15) is 76.7 Å². The lowest BCUT2D eigenvalue weighted by molar-refractivity contribution is -0.137. The molecule has 0 unspecified atom stereocenters. The molecule has 0 heterocycles. The zero-order valence-corrected chi connectivity index (χ0v) is 85.9. The molecule has 0 aliphatic carbocycles. The quantitative estimate of drug-likeness (QED) is 0.0368. The van der Waals surface area contributed by atoms with Gasteiger partial charge >= 0.3 is 0 Å². The highest BCUT2D eigenvalue weighted by atomic mass is 16.2. The third-order valence-corrected chi connectivity index (χ3v) is 23.1. The van der Waals surface area contributed by atoms with E-state index in [4.69, 9.17) is 57.3 Å². The lowest BCUT2D eigenvalue weighted by Gasteiger charge is -2.30. The van der Waals surface area contributed by atoms with E-state index in [0.717, 1.165) is 0 Å². The number of nitrogens with one attached hydrogen (secondary N) is 15. The van der Waals surface area contributed by atoms with Gasteiger partial charge in [0.15, 0.2) is 0 Å². The highest BCUT2D eigenvalue weighted by molar-refractivity contribution is 6.01. The average molecular weight is 1950 g/mol. The second-order valence-electron chi connectivity index (χ2n) is 40.2. The van der Waals surface area contributed by atoms with Crippen molar-refractivity contribution in [3.8, 4) is 0 Å². The minimum absolute atomic E-state index is 0.0109. The molecular formula is C96H187N25O16. The Hall–Kier alpha value is -8.84. The smallest absolute Gasteiger partial charge is 0.243 e. The third-order valence-electron chi connectivity index (χ3n) is 23.1. The summed E-state index contributed by atoms with van der Waals surface area (Å²) < 4.78 is 0. The third kappa shape index (κ3) is 56.9. The summed E-state index contributed by atoms with van der Waals surface area (Å²) in [6.07, 6.45) is 8.40. The molecule has 35 N–H and O–H groups in total. The second-order valence-corrected chi connectivity index (χ2v) is 40.2. The van der Waals surface area contributed by atoms with E-state index in [1.54, 1.807) is 0 Å². The van der Waals surface area contributed by atoms with Crippen LogP contribution in [0.3, 0.4) is 0 Å². The first-order valence-corrected chi connectivity index (χ1v) is 50.9. The fourth-order valence-electron chi connectivity index (χ4n) is 15.7. The van der Waals surface area contributed by atoms with Crippen molar-refractivity contribution in [2.24, 2.45) is 105 Å². The maximum atomic E-state index is 15.0. The molecule has 792 valence electrons. The molecule has 41 heteroatoms. The maximum Gasteiger partial charge on any atom is 0.243 e. The van der Waals surface area contributed by atoms with E-state index in [-0.39, 0.29) is 176 Å². The van der Waals surface area contributed by atoms with Crippen molar-refractivity contribution in [2.75, 3.05) is 52.4 Å². The van der Waals surface area contributed by atoms with Gasteiger partial charge in [-0.3, -0.25) is 76.7 Å². The summed E-state index contributed by atoms with van der Waals surface area (Å²) in [6, 6.07) is -19.6. The Labute approximate surface area is 817 Å². The molecule has 0 aromatic heterocycles. The molecule has 0 aliphatic rings. The minimum atomic E-state index is -1.34. The van der Waals surface area contributed by atoms with E-state index in [2.05, 4.69) is 79.8 Å². The summed E-state index contributed by atoms with van der Waals surface area (Å²) in [5.41, 5.74) is 59.0. The van der Waals surface area contributed by atoms with Crippen molar-refractivity contribution in [3.05, 3.63) is 0 Å². The topological polar surface area (TPSA) is 714 Å². The molecule has 0 saturated carbocycles. The number of unbranched alkanes of at least 4 members (excludes halogenated alkanes) is 8. The fourth-order valence-corrected chi connectivity index (χ4v) is 15.7. The lowest BCUT2D eigenvalue weighted by Crippen LogP contribution is -2.61. The van der Waals surface area contributed by atoms with Crippen LogP contribution in [-0.4, -0.2) is 244 Å². The van der Waals surface area contributed by atoms with Crippen LogP contribution in [-0.2, 0) is 76.7 Å². The first kappa shape index (κ1) is 128. The monoisotopic (exact) mass is 1950 g/mol. The zero-order chi connectivity index (χ0) is 104. The molecule has 0 bridgehead atoms. The number of hydrogen-bond donors (Lipinski definition) is 25. The van der Waals surface area contributed by atoms with Crippen LogP contribution in [0.5, 0.6) is 0 Å². The maximum absolute atomic E-state index is 15.0. The molecule has 0 radical (unpaired) electrons. The number of primary amides is 1. The molecule has 0 aromatic carbocycles. The van der Waals surface area contributed by atoms with Gasteiger partial charge in [0.25, 0.3) is 0 Å². The van der Waals surface area contributed by atoms with Crippen LogP contribution in [0.25, 0.3) is 0 Å². The summed E-state index contributed by atoms with van der Waals surface area (Å²) in [5.74, 6) is -12.9. The Balaban J connectivity index is 7.55. The first-order chi connectivity index (χ1) is 64.7. The SMILES string of the molecule is CC(C)C[C@H](NC(=O)[C@H](CC(C)C)NC(=O)[C@H](CCCCN)NC(=O)[C@H](CCCCN)NC(=O)[C@H](CC(C)C)NC(=O)[C@H](CC(C)C)NC(=O)[C@H](CCCCN)NC(=O)[C@H](CCCCN)NC(=O)[C@H](CC(C)C)NC(=O)[C@H](CC(C)C)NC(=O)[C@H](CCCCN)NC(=O)[C@H](CCCCN)NC(=O)[C@H](CC(C)C)NC(=O)[C@@H](N)CC(C)C)C(=O)N[C@@H](CCCCN)C(=O)N[C@@H](CCCCN)C(N)=O. The van der Waals surface area contributed by atoms with Gasteiger partial charge in [-0.15, -0.1) is 0 Å². The van der Waals surface area contributed by atoms with Crippen molar-refractivity contribution in [2.45, 2.75) is 413 Å². The second kappa shape index (κ2) is 73.3.